The number of hydrogen-bond donors (Lipinski definition) is 17. The summed E-state index contributed by atoms with van der Waals surface area (Å²) in [5.74, 6) is -14.1. The van der Waals surface area contributed by atoms with Crippen LogP contribution in [0.5, 0.6) is 0 Å². The minimum Gasteiger partial charge on any atom is -0.481 e. The van der Waals surface area contributed by atoms with Gasteiger partial charge in [0.1, 0.15) is 54.4 Å². The number of rotatable bonds is 42. The molecule has 0 aliphatic carbocycles. The van der Waals surface area contributed by atoms with E-state index < -0.39 is 193 Å². The van der Waals surface area contributed by atoms with Crippen LogP contribution < -0.4 is 81.4 Å². The maximum Gasteiger partial charge on any atom is 0.305 e. The van der Waals surface area contributed by atoms with Gasteiger partial charge in [0.15, 0.2) is 0 Å². The van der Waals surface area contributed by atoms with Crippen molar-refractivity contribution < 1.29 is 77.3 Å². The number of nitrogens with one attached hydrogen (secondary N) is 11. The van der Waals surface area contributed by atoms with E-state index in [2.05, 4.69) is 58.5 Å². The molecule has 0 aromatic carbocycles. The Labute approximate surface area is 494 Å². The number of carboxylic acid groups (broad SMARTS) is 1. The first-order valence-electron chi connectivity index (χ1n) is 27.9. The number of aliphatic hydroxyl groups excluding tert-OH is 1. The lowest BCUT2D eigenvalue weighted by Gasteiger charge is -2.29. The lowest BCUT2D eigenvalue weighted by atomic mass is 9.96. The summed E-state index contributed by atoms with van der Waals surface area (Å²) in [4.78, 5) is 182. The molecule has 0 aromatic heterocycles. The van der Waals surface area contributed by atoms with Gasteiger partial charge in [0, 0.05) is 6.42 Å². The molecule has 0 saturated heterocycles. The second-order valence-electron chi connectivity index (χ2n) is 21.0. The van der Waals surface area contributed by atoms with E-state index in [9.17, 15) is 77.3 Å². The maximum atomic E-state index is 13.9. The number of amides is 13. The zero-order valence-electron chi connectivity index (χ0n) is 49.8. The van der Waals surface area contributed by atoms with Gasteiger partial charge in [-0.3, -0.25) is 67.1 Å². The molecular formula is C52H93N15O16S. The van der Waals surface area contributed by atoms with E-state index in [-0.39, 0.29) is 25.2 Å². The maximum absolute atomic E-state index is 13.9. The van der Waals surface area contributed by atoms with Gasteiger partial charge in [0.2, 0.25) is 76.8 Å². The van der Waals surface area contributed by atoms with E-state index in [1.165, 1.54) is 39.5 Å². The predicted molar refractivity (Wildman–Crippen MR) is 309 cm³/mol. The number of carbonyl (C=O) groups excluding carboxylic acids is 13. The molecule has 84 heavy (non-hydrogen) atoms. The summed E-state index contributed by atoms with van der Waals surface area (Å²) in [5, 5.41) is 46.6. The van der Waals surface area contributed by atoms with E-state index >= 15 is 0 Å². The van der Waals surface area contributed by atoms with Crippen LogP contribution in [-0.2, 0) is 67.1 Å². The lowest BCUT2D eigenvalue weighted by molar-refractivity contribution is -0.142. The summed E-state index contributed by atoms with van der Waals surface area (Å²) >= 11 is 1.49. The molecule has 21 N–H and O–H groups in total. The van der Waals surface area contributed by atoms with Crippen molar-refractivity contribution in [2.24, 2.45) is 40.7 Å². The van der Waals surface area contributed by atoms with Gasteiger partial charge in [0.05, 0.1) is 31.7 Å². The second kappa shape index (κ2) is 40.1. The monoisotopic (exact) mass is 1220 g/mol. The minimum absolute atomic E-state index is 0.0833. The smallest absolute Gasteiger partial charge is 0.305 e. The van der Waals surface area contributed by atoms with Crippen LogP contribution in [0.15, 0.2) is 0 Å². The van der Waals surface area contributed by atoms with Crippen molar-refractivity contribution in [3.8, 4) is 0 Å². The van der Waals surface area contributed by atoms with Gasteiger partial charge < -0.3 is 91.6 Å². The Morgan fingerprint density at radius 3 is 1.45 bits per heavy atom. The molecule has 0 saturated carbocycles. The fourth-order valence-electron chi connectivity index (χ4n) is 7.77. The summed E-state index contributed by atoms with van der Waals surface area (Å²) in [7, 11) is 0. The molecule has 0 radical (unpaired) electrons. The van der Waals surface area contributed by atoms with Crippen LogP contribution in [0.25, 0.3) is 0 Å². The van der Waals surface area contributed by atoms with Gasteiger partial charge in [-0.15, -0.1) is 0 Å². The van der Waals surface area contributed by atoms with Gasteiger partial charge in [-0.2, -0.15) is 11.8 Å². The van der Waals surface area contributed by atoms with Crippen molar-refractivity contribution in [2.45, 2.75) is 193 Å². The average Bonchev–Trinajstić information content (AvgIpc) is 3.64. The molecule has 0 aliphatic heterocycles. The molecule has 0 unspecified atom stereocenters. The molecular weight excluding hydrogens is 1120 g/mol. The Kier molecular flexibility index (Phi) is 36.7. The highest BCUT2D eigenvalue weighted by molar-refractivity contribution is 7.98. The predicted octanol–water partition coefficient (Wildman–Crippen LogP) is -5.42. The van der Waals surface area contributed by atoms with Crippen molar-refractivity contribution >= 4 is 94.5 Å². The molecule has 31 nitrogen and oxygen atoms in total. The Balaban J connectivity index is 6.12. The summed E-state index contributed by atoms with van der Waals surface area (Å²) in [6, 6.07) is -13.9. The van der Waals surface area contributed by atoms with Gasteiger partial charge in [-0.1, -0.05) is 54.4 Å². The van der Waals surface area contributed by atoms with Gasteiger partial charge in [0.25, 0.3) is 0 Å². The third-order valence-corrected chi connectivity index (χ3v) is 13.9. The first-order valence-corrected chi connectivity index (χ1v) is 29.3. The van der Waals surface area contributed by atoms with Crippen LogP contribution in [-0.4, -0.2) is 191 Å². The van der Waals surface area contributed by atoms with Crippen LogP contribution in [0, 0.1) is 17.8 Å². The number of nitrogens with two attached hydrogens (primary N) is 4. The molecule has 0 fully saturated rings. The van der Waals surface area contributed by atoms with Crippen LogP contribution >= 0.6 is 11.8 Å². The van der Waals surface area contributed by atoms with Crippen LogP contribution in [0.2, 0.25) is 0 Å². The summed E-state index contributed by atoms with van der Waals surface area (Å²) in [6.07, 6.45) is 0.689. The van der Waals surface area contributed by atoms with E-state index in [0.717, 1.165) is 0 Å². The molecule has 13 amide bonds. The molecule has 0 aliphatic rings. The van der Waals surface area contributed by atoms with E-state index in [1.54, 1.807) is 34.6 Å². The first-order chi connectivity index (χ1) is 39.2. The number of carboxylic acids is 1. The highest BCUT2D eigenvalue weighted by atomic mass is 32.2. The van der Waals surface area contributed by atoms with Crippen molar-refractivity contribution in [3.63, 3.8) is 0 Å². The highest BCUT2D eigenvalue weighted by Crippen LogP contribution is 2.13. The lowest BCUT2D eigenvalue weighted by Crippen LogP contribution is -2.61. The fourth-order valence-corrected chi connectivity index (χ4v) is 8.26. The Hall–Kier alpha value is -7.19. The molecule has 478 valence electrons. The number of aliphatic hydroxyl groups is 1. The molecule has 0 bridgehead atoms. The fraction of sp³-hybridized carbons (Fsp3) is 0.731. The number of thioether (sulfide) groups is 1. The average molecular weight is 1220 g/mol. The Morgan fingerprint density at radius 1 is 0.500 bits per heavy atom. The number of carbonyl (C=O) groups is 14. The largest absolute Gasteiger partial charge is 0.481 e. The topological polar surface area (TPSA) is 516 Å². The first kappa shape index (κ1) is 76.8. The number of primary amides is 2. The highest BCUT2D eigenvalue weighted by Gasteiger charge is 2.37. The van der Waals surface area contributed by atoms with Gasteiger partial charge >= 0.3 is 5.97 Å². The van der Waals surface area contributed by atoms with Crippen LogP contribution in [0.3, 0.4) is 0 Å². The SMILES string of the molecule is CC[C@H](C)[C@H](NC(=O)[C@H](C)NC(=O)[C@H](CC(=O)O)NC(=O)[C@@H](NC(=O)[C@H](CCC(N)=O)NC(=O)[C@H](C)NC(=O)CNC(=O)[C@@H](NC(=O)[C@H](CC(C)C)NC(=O)CNC(=O)[C@@H](N)CCSC)[C@@H](C)O)[C@@H](C)CC)C(=O)N[C@@H](CCCCN)C(N)=O. The third kappa shape index (κ3) is 29.9. The minimum atomic E-state index is -1.85. The Bertz CT molecular complexity index is 2260. The zero-order chi connectivity index (χ0) is 64.6. The van der Waals surface area contributed by atoms with Crippen molar-refractivity contribution in [2.75, 3.05) is 31.6 Å². The number of hydrogen-bond acceptors (Lipinski definition) is 18. The van der Waals surface area contributed by atoms with Gasteiger partial charge in [-0.05, 0) is 95.6 Å². The second-order valence-corrected chi connectivity index (χ2v) is 22.0. The quantitative estimate of drug-likeness (QED) is 0.0254. The summed E-state index contributed by atoms with van der Waals surface area (Å²) in [6.45, 7) is 12.8. The molecule has 32 heteroatoms. The summed E-state index contributed by atoms with van der Waals surface area (Å²) in [5.41, 5.74) is 22.2. The van der Waals surface area contributed by atoms with Gasteiger partial charge in [-0.25, -0.2) is 0 Å². The van der Waals surface area contributed by atoms with Crippen molar-refractivity contribution in [3.05, 3.63) is 0 Å². The normalized spacial score (nSPS) is 15.7. The molecule has 0 heterocycles. The van der Waals surface area contributed by atoms with E-state index in [0.29, 0.717) is 38.0 Å². The molecule has 0 spiro atoms. The standard InChI is InChI=1S/C52H93N15O16S/c1-11-26(5)40(51(82)62-32(43(56)74)15-13-14-19-53)65-45(76)29(8)60-48(79)35(22-39(72)73)64-52(83)41(27(6)12-2)66-47(78)33(16-17-36(55)69)63-44(75)28(7)59-37(70)23-58-50(81)42(30(9)68)67-49(80)34(21-25(3)4)61-38(71)24-57-46(77)31(54)18-20-84-10/h25-35,40-42,68H,11-24,53-54H2,1-10H3,(H2,55,69)(H2,56,74)(H,57,77)(H,58,81)(H,59,70)(H,60,79)(H,61,71)(H,62,82)(H,63,75)(H,64,83)(H,65,76)(H,66,78)(H,67,80)(H,72,73)/t26-,27-,28-,29-,30+,31-,32-,33-,34-,35-,40-,41-,42-/m0/s1. The van der Waals surface area contributed by atoms with E-state index in [1.807, 2.05) is 6.26 Å². The third-order valence-electron chi connectivity index (χ3n) is 13.3. The molecule has 0 rings (SSSR count). The van der Waals surface area contributed by atoms with Crippen molar-refractivity contribution in [1.29, 1.82) is 0 Å². The van der Waals surface area contributed by atoms with Crippen molar-refractivity contribution in [1.82, 2.24) is 58.5 Å². The molecule has 13 atom stereocenters. The zero-order valence-corrected chi connectivity index (χ0v) is 50.6. The van der Waals surface area contributed by atoms with Crippen LogP contribution in [0.4, 0.5) is 0 Å². The van der Waals surface area contributed by atoms with E-state index in [4.69, 9.17) is 22.9 Å². The molecule has 0 aromatic rings. The van der Waals surface area contributed by atoms with Crippen LogP contribution in [0.1, 0.15) is 127 Å². The summed E-state index contributed by atoms with van der Waals surface area (Å²) < 4.78 is 0. The Morgan fingerprint density at radius 2 is 0.964 bits per heavy atom. The number of aliphatic carboxylic acids is 1. The number of unbranched alkanes of at least 4 members (excludes halogenated alkanes) is 1.